The zero-order valence-corrected chi connectivity index (χ0v) is 11.6. The quantitative estimate of drug-likeness (QED) is 0.898. The van der Waals surface area contributed by atoms with Gasteiger partial charge < -0.3 is 10.1 Å². The Hall–Kier alpha value is -1.55. The average molecular weight is 277 g/mol. The molecule has 1 atom stereocenters. The fraction of sp³-hybridized carbons (Fsp3) is 0.333. The number of hydrogen-bond acceptors (Lipinski definition) is 3. The highest BCUT2D eigenvalue weighted by atomic mass is 32.1. The van der Waals surface area contributed by atoms with Gasteiger partial charge in [0.25, 0.3) is 0 Å². The van der Waals surface area contributed by atoms with Gasteiger partial charge in [0.05, 0.1) is 13.2 Å². The SMILES string of the molecule is COc1cc(NC2CCCc3sccc32)ccc1F. The smallest absolute Gasteiger partial charge is 0.165 e. The van der Waals surface area contributed by atoms with Gasteiger partial charge in [0.1, 0.15) is 0 Å². The lowest BCUT2D eigenvalue weighted by Crippen LogP contribution is -2.15. The number of nitrogens with one attached hydrogen (secondary N) is 1. The minimum atomic E-state index is -0.326. The number of rotatable bonds is 3. The second-order valence-corrected chi connectivity index (χ2v) is 5.74. The van der Waals surface area contributed by atoms with Gasteiger partial charge in [0, 0.05) is 16.6 Å². The molecule has 0 fully saturated rings. The fourth-order valence-corrected chi connectivity index (χ4v) is 3.57. The minimum Gasteiger partial charge on any atom is -0.494 e. The summed E-state index contributed by atoms with van der Waals surface area (Å²) in [6, 6.07) is 7.44. The number of halogens is 1. The Balaban J connectivity index is 1.83. The van der Waals surface area contributed by atoms with Gasteiger partial charge in [-0.3, -0.25) is 0 Å². The van der Waals surface area contributed by atoms with Crippen LogP contribution in [0.3, 0.4) is 0 Å². The van der Waals surface area contributed by atoms with Crippen LogP contribution in [0.4, 0.5) is 10.1 Å². The number of anilines is 1. The summed E-state index contributed by atoms with van der Waals surface area (Å²) in [6.45, 7) is 0. The molecule has 0 aliphatic heterocycles. The van der Waals surface area contributed by atoms with Crippen molar-refractivity contribution in [3.63, 3.8) is 0 Å². The van der Waals surface area contributed by atoms with Crippen molar-refractivity contribution >= 4 is 17.0 Å². The molecule has 2 nitrogen and oxygen atoms in total. The van der Waals surface area contributed by atoms with Crippen LogP contribution in [0.5, 0.6) is 5.75 Å². The van der Waals surface area contributed by atoms with Crippen LogP contribution < -0.4 is 10.1 Å². The number of aryl methyl sites for hydroxylation is 1. The van der Waals surface area contributed by atoms with Crippen molar-refractivity contribution in [2.75, 3.05) is 12.4 Å². The van der Waals surface area contributed by atoms with E-state index in [4.69, 9.17) is 4.74 Å². The molecule has 0 amide bonds. The molecule has 2 aromatic rings. The van der Waals surface area contributed by atoms with Crippen molar-refractivity contribution in [1.29, 1.82) is 0 Å². The summed E-state index contributed by atoms with van der Waals surface area (Å²) in [7, 11) is 1.49. The molecular weight excluding hydrogens is 261 g/mol. The van der Waals surface area contributed by atoms with E-state index in [9.17, 15) is 4.39 Å². The molecule has 1 aliphatic carbocycles. The lowest BCUT2D eigenvalue weighted by atomic mass is 9.94. The van der Waals surface area contributed by atoms with E-state index >= 15 is 0 Å². The van der Waals surface area contributed by atoms with E-state index in [0.717, 1.165) is 12.1 Å². The second-order valence-electron chi connectivity index (χ2n) is 4.74. The standard InChI is InChI=1S/C15H16FNOS/c1-18-14-9-10(5-6-12(14)16)17-13-3-2-4-15-11(13)7-8-19-15/h5-9,13,17H,2-4H2,1H3. The molecule has 0 saturated carbocycles. The first-order valence-electron chi connectivity index (χ1n) is 6.44. The monoisotopic (exact) mass is 277 g/mol. The number of benzene rings is 1. The number of thiophene rings is 1. The minimum absolute atomic E-state index is 0.284. The molecule has 3 rings (SSSR count). The van der Waals surface area contributed by atoms with Crippen molar-refractivity contribution in [3.8, 4) is 5.75 Å². The lowest BCUT2D eigenvalue weighted by molar-refractivity contribution is 0.386. The van der Waals surface area contributed by atoms with E-state index < -0.39 is 0 Å². The van der Waals surface area contributed by atoms with E-state index in [-0.39, 0.29) is 11.6 Å². The summed E-state index contributed by atoms with van der Waals surface area (Å²) in [5.41, 5.74) is 2.29. The van der Waals surface area contributed by atoms with Gasteiger partial charge in [0.2, 0.25) is 0 Å². The molecule has 1 aromatic heterocycles. The Kier molecular flexibility index (Phi) is 3.42. The summed E-state index contributed by atoms with van der Waals surface area (Å²) in [5, 5.41) is 5.63. The van der Waals surface area contributed by atoms with Gasteiger partial charge >= 0.3 is 0 Å². The predicted molar refractivity (Wildman–Crippen MR) is 76.6 cm³/mol. The number of fused-ring (bicyclic) bond motifs is 1. The van der Waals surface area contributed by atoms with E-state index in [1.165, 1.54) is 36.5 Å². The van der Waals surface area contributed by atoms with Crippen molar-refractivity contribution < 1.29 is 9.13 Å². The van der Waals surface area contributed by atoms with Gasteiger partial charge in [-0.1, -0.05) is 0 Å². The summed E-state index contributed by atoms with van der Waals surface area (Å²) in [4.78, 5) is 1.47. The van der Waals surface area contributed by atoms with Gasteiger partial charge in [-0.25, -0.2) is 4.39 Å². The van der Waals surface area contributed by atoms with Crippen LogP contribution in [-0.2, 0) is 6.42 Å². The van der Waals surface area contributed by atoms with E-state index in [0.29, 0.717) is 6.04 Å². The molecule has 0 radical (unpaired) electrons. The number of methoxy groups -OCH3 is 1. The molecule has 4 heteroatoms. The topological polar surface area (TPSA) is 21.3 Å². The molecule has 1 heterocycles. The molecule has 1 aromatic carbocycles. The average Bonchev–Trinajstić information content (AvgIpc) is 2.90. The lowest BCUT2D eigenvalue weighted by Gasteiger charge is -2.25. The van der Waals surface area contributed by atoms with Gasteiger partial charge in [0.15, 0.2) is 11.6 Å². The van der Waals surface area contributed by atoms with E-state index in [2.05, 4.69) is 16.8 Å². The summed E-state index contributed by atoms with van der Waals surface area (Å²) in [6.07, 6.45) is 3.49. The van der Waals surface area contributed by atoms with Crippen LogP contribution >= 0.6 is 11.3 Å². The van der Waals surface area contributed by atoms with Crippen molar-refractivity contribution in [1.82, 2.24) is 0 Å². The maximum Gasteiger partial charge on any atom is 0.165 e. The van der Waals surface area contributed by atoms with Crippen LogP contribution in [0.2, 0.25) is 0 Å². The zero-order chi connectivity index (χ0) is 13.2. The summed E-state index contributed by atoms with van der Waals surface area (Å²) < 4.78 is 18.4. The summed E-state index contributed by atoms with van der Waals surface area (Å²) >= 11 is 1.83. The predicted octanol–water partition coefficient (Wildman–Crippen LogP) is 4.39. The highest BCUT2D eigenvalue weighted by molar-refractivity contribution is 7.10. The molecule has 1 unspecified atom stereocenters. The maximum atomic E-state index is 13.4. The third-order valence-electron chi connectivity index (χ3n) is 3.54. The van der Waals surface area contributed by atoms with Gasteiger partial charge in [-0.15, -0.1) is 11.3 Å². The largest absolute Gasteiger partial charge is 0.494 e. The molecule has 0 spiro atoms. The Morgan fingerprint density at radius 2 is 2.26 bits per heavy atom. The molecular formula is C15H16FNOS. The van der Waals surface area contributed by atoms with Crippen LogP contribution in [0.1, 0.15) is 29.3 Å². The second kappa shape index (κ2) is 5.21. The molecule has 1 N–H and O–H groups in total. The van der Waals surface area contributed by atoms with Crippen LogP contribution in [0, 0.1) is 5.82 Å². The Bertz CT molecular complexity index is 581. The Morgan fingerprint density at radius 3 is 3.11 bits per heavy atom. The van der Waals surface area contributed by atoms with Crippen LogP contribution in [0.25, 0.3) is 0 Å². The van der Waals surface area contributed by atoms with E-state index in [1.54, 1.807) is 12.1 Å². The highest BCUT2D eigenvalue weighted by Gasteiger charge is 2.21. The zero-order valence-electron chi connectivity index (χ0n) is 10.8. The van der Waals surface area contributed by atoms with Crippen LogP contribution in [-0.4, -0.2) is 7.11 Å². The van der Waals surface area contributed by atoms with Gasteiger partial charge in [-0.2, -0.15) is 0 Å². The van der Waals surface area contributed by atoms with Crippen molar-refractivity contribution in [3.05, 3.63) is 45.9 Å². The fourth-order valence-electron chi connectivity index (χ4n) is 2.59. The normalized spacial score (nSPS) is 17.9. The Morgan fingerprint density at radius 1 is 1.37 bits per heavy atom. The molecule has 19 heavy (non-hydrogen) atoms. The van der Waals surface area contributed by atoms with E-state index in [1.807, 2.05) is 11.3 Å². The number of hydrogen-bond donors (Lipinski definition) is 1. The molecule has 0 saturated heterocycles. The third kappa shape index (κ3) is 2.45. The molecule has 100 valence electrons. The first-order chi connectivity index (χ1) is 9.28. The maximum absolute atomic E-state index is 13.4. The molecule has 1 aliphatic rings. The molecule has 0 bridgehead atoms. The summed E-state index contributed by atoms with van der Waals surface area (Å²) in [5.74, 6) is -0.0423. The number of ether oxygens (including phenoxy) is 1. The Labute approximate surface area is 116 Å². The van der Waals surface area contributed by atoms with Crippen LogP contribution in [0.15, 0.2) is 29.6 Å². The first kappa shape index (κ1) is 12.5. The van der Waals surface area contributed by atoms with Gasteiger partial charge in [-0.05, 0) is 48.4 Å². The first-order valence-corrected chi connectivity index (χ1v) is 7.32. The third-order valence-corrected chi connectivity index (χ3v) is 4.54. The van der Waals surface area contributed by atoms with Crippen molar-refractivity contribution in [2.45, 2.75) is 25.3 Å². The highest BCUT2D eigenvalue weighted by Crippen LogP contribution is 2.36. The van der Waals surface area contributed by atoms with Crippen molar-refractivity contribution in [2.24, 2.45) is 0 Å².